The number of nitrogens with zero attached hydrogens (tertiary/aromatic N) is 3. The Labute approximate surface area is 189 Å². The number of fused-ring (bicyclic) bond motifs is 3. The molecule has 0 aromatic heterocycles. The molecular weight excluding hydrogens is 398 g/mol. The van der Waals surface area contributed by atoms with Crippen LogP contribution in [0.2, 0.25) is 0 Å². The molecule has 3 aromatic carbocycles. The molecule has 0 spiro atoms. The van der Waals surface area contributed by atoms with Crippen molar-refractivity contribution < 1.29 is 9.94 Å². The van der Waals surface area contributed by atoms with Crippen LogP contribution in [-0.4, -0.2) is 61.2 Å². The van der Waals surface area contributed by atoms with Crippen molar-refractivity contribution in [3.8, 4) is 11.1 Å². The molecule has 0 saturated carbocycles. The maximum absolute atomic E-state index is 10.5. The van der Waals surface area contributed by atoms with E-state index in [1.807, 2.05) is 24.3 Å². The summed E-state index contributed by atoms with van der Waals surface area (Å²) in [5.41, 5.74) is 7.91. The van der Waals surface area contributed by atoms with Gasteiger partial charge in [-0.25, -0.2) is 0 Å². The second-order valence-corrected chi connectivity index (χ2v) is 8.60. The van der Waals surface area contributed by atoms with Crippen molar-refractivity contribution in [2.45, 2.75) is 13.0 Å². The van der Waals surface area contributed by atoms with E-state index >= 15 is 0 Å². The van der Waals surface area contributed by atoms with Crippen LogP contribution in [0.3, 0.4) is 0 Å². The van der Waals surface area contributed by atoms with Gasteiger partial charge in [0.15, 0.2) is 0 Å². The van der Waals surface area contributed by atoms with Gasteiger partial charge in [0.1, 0.15) is 18.4 Å². The monoisotopic (exact) mass is 427 g/mol. The van der Waals surface area contributed by atoms with Gasteiger partial charge in [0.2, 0.25) is 0 Å². The van der Waals surface area contributed by atoms with Crippen LogP contribution in [0.25, 0.3) is 11.1 Å². The van der Waals surface area contributed by atoms with Crippen molar-refractivity contribution in [3.05, 3.63) is 89.5 Å². The van der Waals surface area contributed by atoms with Crippen LogP contribution in [0.5, 0.6) is 0 Å². The van der Waals surface area contributed by atoms with Crippen molar-refractivity contribution >= 4 is 11.4 Å². The van der Waals surface area contributed by atoms with Gasteiger partial charge in [-0.1, -0.05) is 71.4 Å². The number of hydrogen-bond acceptors (Lipinski definition) is 5. The van der Waals surface area contributed by atoms with Crippen molar-refractivity contribution in [1.29, 1.82) is 0 Å². The van der Waals surface area contributed by atoms with Crippen molar-refractivity contribution in [1.82, 2.24) is 4.90 Å². The quantitative estimate of drug-likeness (QED) is 0.474. The topological polar surface area (TPSA) is 48.3 Å². The van der Waals surface area contributed by atoms with Gasteiger partial charge in [-0.05, 0) is 30.2 Å². The number of hydrogen-bond donors (Lipinski definition) is 1. The minimum absolute atomic E-state index is 0.187. The number of piperazine rings is 1. The number of anilines is 1. The van der Waals surface area contributed by atoms with Crippen LogP contribution >= 0.6 is 0 Å². The fourth-order valence-corrected chi connectivity index (χ4v) is 4.58. The third kappa shape index (κ3) is 4.27. The Bertz CT molecular complexity index is 1050. The standard InChI is InChI=1S/C27H29N3O2/c1-20-10-12-21(13-11-20)30-16-14-29(15-17-30)18-22(31)19-32-28-27-25-8-4-2-6-23(25)24-7-3-5-9-26(24)27/h2-13,22,31H,14-19H2,1H3/t22-/m1/s1. The minimum atomic E-state index is -0.572. The Morgan fingerprint density at radius 1 is 0.812 bits per heavy atom. The van der Waals surface area contributed by atoms with Gasteiger partial charge in [-0.2, -0.15) is 0 Å². The zero-order valence-electron chi connectivity index (χ0n) is 18.4. The molecule has 5 nitrogen and oxygen atoms in total. The third-order valence-corrected chi connectivity index (χ3v) is 6.32. The summed E-state index contributed by atoms with van der Waals surface area (Å²) in [6.45, 7) is 6.69. The van der Waals surface area contributed by atoms with E-state index in [1.165, 1.54) is 22.4 Å². The molecule has 0 bridgehead atoms. The third-order valence-electron chi connectivity index (χ3n) is 6.32. The molecule has 5 heteroatoms. The number of aliphatic hydroxyl groups is 1. The van der Waals surface area contributed by atoms with Gasteiger partial charge in [0.05, 0.1) is 0 Å². The number of aryl methyl sites for hydroxylation is 1. The lowest BCUT2D eigenvalue weighted by atomic mass is 10.1. The second kappa shape index (κ2) is 9.15. The maximum atomic E-state index is 10.5. The fraction of sp³-hybridized carbons (Fsp3) is 0.296. The Morgan fingerprint density at radius 2 is 1.38 bits per heavy atom. The molecule has 1 heterocycles. The highest BCUT2D eigenvalue weighted by atomic mass is 16.6. The van der Waals surface area contributed by atoms with Crippen LogP contribution in [0.1, 0.15) is 16.7 Å². The molecule has 2 aliphatic rings. The lowest BCUT2D eigenvalue weighted by Crippen LogP contribution is -2.49. The van der Waals surface area contributed by atoms with Crippen LogP contribution < -0.4 is 4.90 Å². The zero-order valence-corrected chi connectivity index (χ0v) is 18.4. The molecule has 1 N–H and O–H groups in total. The van der Waals surface area contributed by atoms with Gasteiger partial charge in [-0.3, -0.25) is 4.90 Å². The van der Waals surface area contributed by atoms with E-state index in [9.17, 15) is 5.11 Å². The summed E-state index contributed by atoms with van der Waals surface area (Å²) >= 11 is 0. The Hall–Kier alpha value is -3.15. The molecule has 0 amide bonds. The molecule has 164 valence electrons. The number of benzene rings is 3. The molecule has 5 rings (SSSR count). The normalized spacial score (nSPS) is 16.4. The van der Waals surface area contributed by atoms with Crippen LogP contribution in [-0.2, 0) is 4.84 Å². The highest BCUT2D eigenvalue weighted by molar-refractivity contribution is 6.24. The predicted octanol–water partition coefficient (Wildman–Crippen LogP) is 3.93. The number of rotatable bonds is 6. The summed E-state index contributed by atoms with van der Waals surface area (Å²) in [6.07, 6.45) is -0.572. The van der Waals surface area contributed by atoms with Crippen molar-refractivity contribution in [2.75, 3.05) is 44.2 Å². The van der Waals surface area contributed by atoms with Gasteiger partial charge in [0.25, 0.3) is 0 Å². The Balaban J connectivity index is 1.15. The summed E-state index contributed by atoms with van der Waals surface area (Å²) in [5.74, 6) is 0. The van der Waals surface area contributed by atoms with Crippen molar-refractivity contribution in [3.63, 3.8) is 0 Å². The second-order valence-electron chi connectivity index (χ2n) is 8.60. The SMILES string of the molecule is Cc1ccc(N2CCN(C[C@@H](O)CON=C3c4ccccc4-c4ccccc43)CC2)cc1. The summed E-state index contributed by atoms with van der Waals surface area (Å²) in [6, 6.07) is 25.2. The highest BCUT2D eigenvalue weighted by Crippen LogP contribution is 2.36. The minimum Gasteiger partial charge on any atom is -0.392 e. The summed E-state index contributed by atoms with van der Waals surface area (Å²) in [5, 5.41) is 15.0. The lowest BCUT2D eigenvalue weighted by molar-refractivity contribution is 0.0183. The van der Waals surface area contributed by atoms with Gasteiger partial charge in [-0.15, -0.1) is 0 Å². The first kappa shape index (κ1) is 20.7. The first-order valence-corrected chi connectivity index (χ1v) is 11.3. The van der Waals surface area contributed by atoms with Crippen LogP contribution in [0.15, 0.2) is 78.0 Å². The number of oxime groups is 1. The summed E-state index contributed by atoms with van der Waals surface area (Å²) in [7, 11) is 0. The molecule has 0 unspecified atom stereocenters. The summed E-state index contributed by atoms with van der Waals surface area (Å²) in [4.78, 5) is 10.3. The van der Waals surface area contributed by atoms with E-state index in [2.05, 4.69) is 70.4 Å². The smallest absolute Gasteiger partial charge is 0.144 e. The average Bonchev–Trinajstić information content (AvgIpc) is 3.14. The molecule has 1 fully saturated rings. The molecular formula is C27H29N3O2. The summed E-state index contributed by atoms with van der Waals surface area (Å²) < 4.78 is 0. The number of β-amino-alcohol motifs (C(OH)–C–C–N with tert-alkyl or cyclic N) is 1. The predicted molar refractivity (Wildman–Crippen MR) is 129 cm³/mol. The molecule has 3 aromatic rings. The van der Waals surface area contributed by atoms with E-state index in [0.29, 0.717) is 6.54 Å². The molecule has 1 aliphatic carbocycles. The maximum Gasteiger partial charge on any atom is 0.144 e. The van der Waals surface area contributed by atoms with E-state index in [0.717, 1.165) is 43.0 Å². The average molecular weight is 428 g/mol. The molecule has 32 heavy (non-hydrogen) atoms. The van der Waals surface area contributed by atoms with E-state index in [-0.39, 0.29) is 6.61 Å². The van der Waals surface area contributed by atoms with Crippen molar-refractivity contribution in [2.24, 2.45) is 5.16 Å². The van der Waals surface area contributed by atoms with Gasteiger partial charge in [0, 0.05) is 49.5 Å². The van der Waals surface area contributed by atoms with Gasteiger partial charge < -0.3 is 14.8 Å². The zero-order chi connectivity index (χ0) is 21.9. The first-order valence-electron chi connectivity index (χ1n) is 11.3. The fourth-order valence-electron chi connectivity index (χ4n) is 4.58. The first-order chi connectivity index (χ1) is 15.7. The highest BCUT2D eigenvalue weighted by Gasteiger charge is 2.25. The Morgan fingerprint density at radius 3 is 1.97 bits per heavy atom. The molecule has 1 atom stereocenters. The molecule has 0 radical (unpaired) electrons. The molecule has 1 aliphatic heterocycles. The van der Waals surface area contributed by atoms with Crippen LogP contribution in [0.4, 0.5) is 5.69 Å². The van der Waals surface area contributed by atoms with E-state index < -0.39 is 6.10 Å². The van der Waals surface area contributed by atoms with Gasteiger partial charge >= 0.3 is 0 Å². The Kier molecular flexibility index (Phi) is 5.93. The lowest BCUT2D eigenvalue weighted by Gasteiger charge is -2.36. The van der Waals surface area contributed by atoms with E-state index in [1.54, 1.807) is 0 Å². The largest absolute Gasteiger partial charge is 0.392 e. The number of aliphatic hydroxyl groups excluding tert-OH is 1. The van der Waals surface area contributed by atoms with E-state index in [4.69, 9.17) is 4.84 Å². The molecule has 1 saturated heterocycles. The van der Waals surface area contributed by atoms with Crippen LogP contribution in [0, 0.1) is 6.92 Å².